The molecule has 0 spiro atoms. The Balaban J connectivity index is 1.59. The van der Waals surface area contributed by atoms with E-state index in [9.17, 15) is 9.59 Å². The summed E-state index contributed by atoms with van der Waals surface area (Å²) in [6.07, 6.45) is 9.38. The van der Waals surface area contributed by atoms with Crippen molar-refractivity contribution in [2.45, 2.75) is 82.0 Å². The Kier molecular flexibility index (Phi) is 5.77. The van der Waals surface area contributed by atoms with Crippen LogP contribution in [0.3, 0.4) is 0 Å². The maximum Gasteiger partial charge on any atom is 0.251 e. The van der Waals surface area contributed by atoms with Crippen LogP contribution in [0.1, 0.15) is 69.4 Å². The van der Waals surface area contributed by atoms with Crippen LogP contribution in [0.4, 0.5) is 0 Å². The maximum atomic E-state index is 13.1. The molecular weight excluding hydrogens is 340 g/mol. The van der Waals surface area contributed by atoms with Crippen molar-refractivity contribution in [2.75, 3.05) is 6.61 Å². The van der Waals surface area contributed by atoms with Gasteiger partial charge in [0.1, 0.15) is 6.61 Å². The van der Waals surface area contributed by atoms with E-state index in [0.717, 1.165) is 44.1 Å². The van der Waals surface area contributed by atoms with Crippen molar-refractivity contribution in [3.8, 4) is 0 Å². The fraction of sp³-hybridized carbons (Fsp3) is 0.636. The number of hydrogen-bond acceptors (Lipinski definition) is 3. The smallest absolute Gasteiger partial charge is 0.251 e. The molecule has 1 aromatic rings. The Morgan fingerprint density at radius 1 is 0.963 bits per heavy atom. The van der Waals surface area contributed by atoms with Gasteiger partial charge in [0.15, 0.2) is 6.10 Å². The highest BCUT2D eigenvalue weighted by Gasteiger charge is 2.45. The van der Waals surface area contributed by atoms with Gasteiger partial charge in [-0.1, -0.05) is 62.4 Å². The molecule has 1 aliphatic heterocycles. The number of rotatable bonds is 4. The van der Waals surface area contributed by atoms with E-state index in [1.54, 1.807) is 0 Å². The SMILES string of the molecule is O=C(NC1CCCCC1)[C@H]1OCC(=O)N(C2CCCC2)[C@@H]1c1ccccc1. The highest BCUT2D eigenvalue weighted by molar-refractivity contribution is 5.86. The van der Waals surface area contributed by atoms with Gasteiger partial charge in [0.2, 0.25) is 5.91 Å². The van der Waals surface area contributed by atoms with Crippen LogP contribution < -0.4 is 5.32 Å². The first kappa shape index (κ1) is 18.5. The van der Waals surface area contributed by atoms with Gasteiger partial charge in [-0.3, -0.25) is 9.59 Å². The molecule has 5 nitrogen and oxygen atoms in total. The molecule has 0 bridgehead atoms. The first-order valence-electron chi connectivity index (χ1n) is 10.5. The van der Waals surface area contributed by atoms with E-state index < -0.39 is 6.10 Å². The standard InChI is InChI=1S/C22H30N2O3/c25-19-15-27-21(22(26)23-17-11-5-2-6-12-17)20(16-9-3-1-4-10-16)24(19)18-13-7-8-14-18/h1,3-4,9-10,17-18,20-21H,2,5-8,11-15H2,(H,23,26)/t20-,21+/m1/s1. The number of ether oxygens (including phenoxy) is 1. The molecule has 4 rings (SSSR count). The summed E-state index contributed by atoms with van der Waals surface area (Å²) in [4.78, 5) is 27.9. The van der Waals surface area contributed by atoms with E-state index in [1.165, 1.54) is 19.3 Å². The minimum Gasteiger partial charge on any atom is -0.356 e. The second-order valence-electron chi connectivity index (χ2n) is 8.17. The summed E-state index contributed by atoms with van der Waals surface area (Å²) in [5, 5.41) is 3.21. The van der Waals surface area contributed by atoms with Gasteiger partial charge in [0.25, 0.3) is 5.91 Å². The summed E-state index contributed by atoms with van der Waals surface area (Å²) in [5.74, 6) is -0.0521. The number of carbonyl (C=O) groups excluding carboxylic acids is 2. The lowest BCUT2D eigenvalue weighted by molar-refractivity contribution is -0.168. The number of nitrogens with one attached hydrogen (secondary N) is 1. The highest BCUT2D eigenvalue weighted by Crippen LogP contribution is 2.37. The molecule has 5 heteroatoms. The monoisotopic (exact) mass is 370 g/mol. The second kappa shape index (κ2) is 8.42. The van der Waals surface area contributed by atoms with E-state index in [0.29, 0.717) is 0 Å². The zero-order valence-electron chi connectivity index (χ0n) is 15.9. The van der Waals surface area contributed by atoms with Crippen molar-refractivity contribution in [2.24, 2.45) is 0 Å². The fourth-order valence-electron chi connectivity index (χ4n) is 4.98. The van der Waals surface area contributed by atoms with E-state index >= 15 is 0 Å². The van der Waals surface area contributed by atoms with Gasteiger partial charge in [-0.15, -0.1) is 0 Å². The molecule has 1 N–H and O–H groups in total. The molecule has 1 heterocycles. The average molecular weight is 370 g/mol. The van der Waals surface area contributed by atoms with Crippen molar-refractivity contribution < 1.29 is 14.3 Å². The van der Waals surface area contributed by atoms with Crippen molar-refractivity contribution in [1.29, 1.82) is 0 Å². The molecule has 1 saturated heterocycles. The number of nitrogens with zero attached hydrogens (tertiary/aromatic N) is 1. The molecule has 0 aromatic heterocycles. The van der Waals surface area contributed by atoms with Gasteiger partial charge in [-0.25, -0.2) is 0 Å². The molecule has 146 valence electrons. The average Bonchev–Trinajstić information content (AvgIpc) is 3.23. The van der Waals surface area contributed by atoms with Crippen LogP contribution in [0, 0.1) is 0 Å². The molecule has 3 fully saturated rings. The lowest BCUT2D eigenvalue weighted by Gasteiger charge is -2.44. The van der Waals surface area contributed by atoms with Crippen molar-refractivity contribution in [3.05, 3.63) is 35.9 Å². The fourth-order valence-corrected chi connectivity index (χ4v) is 4.98. The van der Waals surface area contributed by atoms with Crippen LogP contribution in [-0.2, 0) is 14.3 Å². The third-order valence-corrected chi connectivity index (χ3v) is 6.33. The van der Waals surface area contributed by atoms with Gasteiger partial charge in [-0.2, -0.15) is 0 Å². The van der Waals surface area contributed by atoms with E-state index in [4.69, 9.17) is 4.74 Å². The van der Waals surface area contributed by atoms with E-state index in [1.807, 2.05) is 35.2 Å². The predicted octanol–water partition coefficient (Wildman–Crippen LogP) is 3.35. The zero-order chi connectivity index (χ0) is 18.6. The lowest BCUT2D eigenvalue weighted by atomic mass is 9.92. The first-order chi connectivity index (χ1) is 13.2. The quantitative estimate of drug-likeness (QED) is 0.884. The molecule has 2 amide bonds. The molecule has 2 saturated carbocycles. The summed E-state index contributed by atoms with van der Waals surface area (Å²) in [7, 11) is 0. The molecular formula is C22H30N2O3. The van der Waals surface area contributed by atoms with Crippen LogP contribution in [0.2, 0.25) is 0 Å². The topological polar surface area (TPSA) is 58.6 Å². The third kappa shape index (κ3) is 4.03. The van der Waals surface area contributed by atoms with Gasteiger partial charge in [-0.05, 0) is 31.2 Å². The number of carbonyl (C=O) groups is 2. The summed E-state index contributed by atoms with van der Waals surface area (Å²) in [6.45, 7) is 0.00257. The van der Waals surface area contributed by atoms with Crippen molar-refractivity contribution >= 4 is 11.8 Å². The minimum atomic E-state index is -0.632. The molecule has 0 unspecified atom stereocenters. The van der Waals surface area contributed by atoms with E-state index in [2.05, 4.69) is 5.32 Å². The Bertz CT molecular complexity index is 651. The van der Waals surface area contributed by atoms with Crippen LogP contribution in [0.5, 0.6) is 0 Å². The minimum absolute atomic E-state index is 0.00257. The molecule has 27 heavy (non-hydrogen) atoms. The number of benzene rings is 1. The number of amides is 2. The van der Waals surface area contributed by atoms with Crippen molar-refractivity contribution in [3.63, 3.8) is 0 Å². The highest BCUT2D eigenvalue weighted by atomic mass is 16.5. The van der Waals surface area contributed by atoms with Gasteiger partial charge in [0.05, 0.1) is 6.04 Å². The molecule has 2 atom stereocenters. The Morgan fingerprint density at radius 2 is 1.63 bits per heavy atom. The molecule has 1 aromatic carbocycles. The number of hydrogen-bond donors (Lipinski definition) is 1. The largest absolute Gasteiger partial charge is 0.356 e. The van der Waals surface area contributed by atoms with Crippen LogP contribution in [0.25, 0.3) is 0 Å². The third-order valence-electron chi connectivity index (χ3n) is 6.33. The molecule has 0 radical (unpaired) electrons. The normalized spacial score (nSPS) is 27.7. The van der Waals surface area contributed by atoms with Crippen LogP contribution in [-0.4, -0.2) is 41.5 Å². The van der Waals surface area contributed by atoms with Gasteiger partial charge < -0.3 is 15.0 Å². The van der Waals surface area contributed by atoms with Gasteiger partial charge >= 0.3 is 0 Å². The van der Waals surface area contributed by atoms with Gasteiger partial charge in [0, 0.05) is 12.1 Å². The van der Waals surface area contributed by atoms with Crippen LogP contribution in [0.15, 0.2) is 30.3 Å². The Labute approximate surface area is 161 Å². The lowest BCUT2D eigenvalue weighted by Crippen LogP contribution is -2.57. The predicted molar refractivity (Wildman–Crippen MR) is 103 cm³/mol. The number of morpholine rings is 1. The van der Waals surface area contributed by atoms with Crippen LogP contribution >= 0.6 is 0 Å². The maximum absolute atomic E-state index is 13.1. The van der Waals surface area contributed by atoms with E-state index in [-0.39, 0.29) is 36.5 Å². The Morgan fingerprint density at radius 3 is 2.33 bits per heavy atom. The summed E-state index contributed by atoms with van der Waals surface area (Å²) < 4.78 is 5.85. The first-order valence-corrected chi connectivity index (χ1v) is 10.5. The zero-order valence-corrected chi connectivity index (χ0v) is 15.9. The Hall–Kier alpha value is -1.88. The summed E-state index contributed by atoms with van der Waals surface area (Å²) >= 11 is 0. The molecule has 2 aliphatic carbocycles. The molecule has 3 aliphatic rings. The second-order valence-corrected chi connectivity index (χ2v) is 8.17. The van der Waals surface area contributed by atoms with Crippen molar-refractivity contribution in [1.82, 2.24) is 10.2 Å². The summed E-state index contributed by atoms with van der Waals surface area (Å²) in [6, 6.07) is 10.0. The summed E-state index contributed by atoms with van der Waals surface area (Å²) in [5.41, 5.74) is 0.987.